The van der Waals surface area contributed by atoms with Gasteiger partial charge < -0.3 is 30.3 Å². The number of aryl methyl sites for hydroxylation is 1. The number of imide groups is 1. The summed E-state index contributed by atoms with van der Waals surface area (Å²) in [6.07, 6.45) is 13.2. The first-order chi connectivity index (χ1) is 35.2. The van der Waals surface area contributed by atoms with E-state index < -0.39 is 41.0 Å². The van der Waals surface area contributed by atoms with Crippen LogP contribution in [-0.2, 0) is 27.0 Å². The highest BCUT2D eigenvalue weighted by molar-refractivity contribution is 6.06. The molecule has 4 aliphatic heterocycles. The van der Waals surface area contributed by atoms with Crippen LogP contribution >= 0.6 is 0 Å². The summed E-state index contributed by atoms with van der Waals surface area (Å²) in [4.78, 5) is 57.7. The summed E-state index contributed by atoms with van der Waals surface area (Å²) in [7, 11) is 3.26. The van der Waals surface area contributed by atoms with Crippen LogP contribution in [0.3, 0.4) is 0 Å². The van der Waals surface area contributed by atoms with Crippen LogP contribution < -0.4 is 26.0 Å². The summed E-state index contributed by atoms with van der Waals surface area (Å²) in [6, 6.07) is 13.0. The number of benzene rings is 2. The molecule has 4 saturated heterocycles. The molecule has 6 fully saturated rings. The number of nitrogens with one attached hydrogen (secondary N) is 2. The van der Waals surface area contributed by atoms with Gasteiger partial charge in [0.2, 0.25) is 17.7 Å². The summed E-state index contributed by atoms with van der Waals surface area (Å²) < 4.78 is 46.4. The maximum atomic E-state index is 16.4. The Morgan fingerprint density at radius 1 is 0.986 bits per heavy atom. The van der Waals surface area contributed by atoms with Crippen molar-refractivity contribution in [2.75, 3.05) is 51.3 Å². The number of ether oxygens (including phenoxy) is 2. The van der Waals surface area contributed by atoms with Gasteiger partial charge in [-0.1, -0.05) is 48.7 Å². The fourth-order valence-corrected chi connectivity index (χ4v) is 14.1. The Morgan fingerprint density at radius 3 is 2.40 bits per heavy atom. The number of likely N-dealkylation sites (tertiary alicyclic amines) is 2. The average molecular weight is 997 g/mol. The predicted molar refractivity (Wildman–Crippen MR) is 271 cm³/mol. The number of methoxy groups -OCH3 is 1. The summed E-state index contributed by atoms with van der Waals surface area (Å²) in [5.41, 5.74) is 15.9. The van der Waals surface area contributed by atoms with Crippen LogP contribution in [-0.4, -0.2) is 102 Å². The molecule has 4 N–H and O–H groups in total. The second kappa shape index (κ2) is 19.2. The number of hydrogen-bond acceptors (Lipinski definition) is 9. The molecule has 0 radical (unpaired) electrons. The van der Waals surface area contributed by atoms with Crippen molar-refractivity contribution in [3.63, 3.8) is 0 Å². The molecule has 73 heavy (non-hydrogen) atoms. The normalized spacial score (nSPS) is 28.3. The Labute approximate surface area is 425 Å². The molecule has 1 spiro atoms. The maximum absolute atomic E-state index is 16.4. The van der Waals surface area contributed by atoms with E-state index in [2.05, 4.69) is 38.8 Å². The van der Waals surface area contributed by atoms with Gasteiger partial charge in [0.1, 0.15) is 17.2 Å². The number of amides is 5. The van der Waals surface area contributed by atoms with E-state index in [1.807, 2.05) is 48.1 Å². The molecule has 4 aliphatic carbocycles. The fraction of sp³-hybridized carbons (Fsp3) is 0.526. The minimum Gasteiger partial charge on any atom is -0.494 e. The van der Waals surface area contributed by atoms with Gasteiger partial charge in [0, 0.05) is 104 Å². The minimum absolute atomic E-state index is 0.0103. The van der Waals surface area contributed by atoms with Crippen LogP contribution in [0.1, 0.15) is 123 Å². The number of anilines is 1. The summed E-state index contributed by atoms with van der Waals surface area (Å²) in [6.45, 7) is 8.05. The van der Waals surface area contributed by atoms with E-state index >= 15 is 8.78 Å². The second-order valence-electron chi connectivity index (χ2n) is 22.1. The van der Waals surface area contributed by atoms with Crippen LogP contribution in [0.15, 0.2) is 77.2 Å². The largest absolute Gasteiger partial charge is 0.494 e. The van der Waals surface area contributed by atoms with Gasteiger partial charge in [0.25, 0.3) is 0 Å². The summed E-state index contributed by atoms with van der Waals surface area (Å²) in [5, 5.41) is 11.0. The molecule has 8 aliphatic rings. The molecule has 2 aromatic carbocycles. The molecule has 5 amide bonds. The Kier molecular flexibility index (Phi) is 12.9. The van der Waals surface area contributed by atoms with E-state index in [0.29, 0.717) is 47.6 Å². The van der Waals surface area contributed by atoms with E-state index in [0.717, 1.165) is 99.9 Å². The zero-order valence-corrected chi connectivity index (χ0v) is 42.3. The van der Waals surface area contributed by atoms with E-state index in [9.17, 15) is 19.2 Å². The number of primary amides is 1. The fourth-order valence-electron chi connectivity index (χ4n) is 14.1. The second-order valence-corrected chi connectivity index (χ2v) is 22.1. The molecule has 4 atom stereocenters. The van der Waals surface area contributed by atoms with Crippen LogP contribution in [0.5, 0.6) is 5.75 Å². The van der Waals surface area contributed by atoms with Crippen LogP contribution in [0.2, 0.25) is 0 Å². The van der Waals surface area contributed by atoms with Crippen molar-refractivity contribution in [1.82, 2.24) is 30.2 Å². The third kappa shape index (κ3) is 8.54. The Hall–Kier alpha value is -6.31. The minimum atomic E-state index is -0.949. The highest BCUT2D eigenvalue weighted by atomic mass is 19.1. The molecule has 1 aromatic heterocycles. The highest BCUT2D eigenvalue weighted by Gasteiger charge is 2.57. The monoisotopic (exact) mass is 997 g/mol. The topological polar surface area (TPSA) is 164 Å². The van der Waals surface area contributed by atoms with Crippen LogP contribution in [0, 0.1) is 34.9 Å². The van der Waals surface area contributed by atoms with E-state index in [4.69, 9.17) is 20.3 Å². The predicted octanol–water partition coefficient (Wildman–Crippen LogP) is 8.01. The number of aromatic nitrogens is 2. The number of hydrogen-bond donors (Lipinski definition) is 3. The third-order valence-electron chi connectivity index (χ3n) is 18.3. The van der Waals surface area contributed by atoms with Crippen molar-refractivity contribution in [3.8, 4) is 5.75 Å². The Bertz CT molecular complexity index is 2900. The van der Waals surface area contributed by atoms with Gasteiger partial charge in [0.15, 0.2) is 17.4 Å². The maximum Gasteiger partial charge on any atom is 0.329 e. The molecule has 5 heterocycles. The molecule has 3 aromatic rings. The average Bonchev–Trinajstić information content (AvgIpc) is 3.88. The lowest BCUT2D eigenvalue weighted by Gasteiger charge is -2.56. The van der Waals surface area contributed by atoms with Crippen LogP contribution in [0.25, 0.3) is 11.6 Å². The third-order valence-corrected chi connectivity index (χ3v) is 18.3. The zero-order valence-electron chi connectivity index (χ0n) is 42.3. The zero-order chi connectivity index (χ0) is 50.9. The van der Waals surface area contributed by atoms with Crippen molar-refractivity contribution >= 4 is 41.2 Å². The van der Waals surface area contributed by atoms with Gasteiger partial charge in [-0.3, -0.25) is 29.3 Å². The molecule has 384 valence electrons. The number of fused-ring (bicyclic) bond motifs is 2. The van der Waals surface area contributed by atoms with E-state index in [-0.39, 0.29) is 53.0 Å². The molecular weight excluding hydrogens is 931 g/mol. The standard InChI is InChI=1S/C57H66F2N8O6/c1-33-43(58)29-45-48(47(33)49-41(52(60)69)17-18-44(72-4)50(49)59)34(2)57(73-45,37-9-6-5-7-10-37)32-61-38-15-13-36(14-16-38)54(70)66-27-22-56(23-28-66)30-39(31-56)65-24-19-35(20-25-65)40-11-8-12-42-51(40)64(3)63-53(42)67-26-21-46(68)62-55(67)71/h5-7,9-10,12,17-18,29,34-36,38-39,47-48,61H,13-16,19-28,30-32H2,1-4H3,(H2,60,69)(H,62,68,71). The lowest BCUT2D eigenvalue weighted by Crippen LogP contribution is -2.57. The van der Waals surface area contributed by atoms with Gasteiger partial charge in [-0.25, -0.2) is 13.6 Å². The number of urea groups is 1. The van der Waals surface area contributed by atoms with Crippen molar-refractivity contribution in [3.05, 3.63) is 111 Å². The van der Waals surface area contributed by atoms with Gasteiger partial charge in [-0.2, -0.15) is 5.10 Å². The number of carbonyl (C=O) groups is 4. The smallest absolute Gasteiger partial charge is 0.329 e. The Balaban J connectivity index is 0.674. The number of allylic oxidation sites excluding steroid dienone is 5. The number of nitrogens with two attached hydrogens (primary N) is 1. The van der Waals surface area contributed by atoms with Gasteiger partial charge in [-0.05, 0) is 119 Å². The molecule has 0 bridgehead atoms. The highest BCUT2D eigenvalue weighted by Crippen LogP contribution is 2.59. The number of halogens is 2. The van der Waals surface area contributed by atoms with Crippen LogP contribution in [0.4, 0.5) is 19.4 Å². The SMILES string of the molecule is COc1ccc(C(N)=O)c(C2C(C)=C(F)C=C3OC(CNC4CCC(C(=O)N5CCC6(CC5)CC(N5CCC(C7=C=C=Cc8c(N9CCC(=O)NC9=O)nn(C)c87)CC5)C6)CC4)(c4ccccc4)C(C)C32)c1F. The first kappa shape index (κ1) is 48.9. The first-order valence-electron chi connectivity index (χ1n) is 26.3. The molecule has 14 nitrogen and oxygen atoms in total. The lowest BCUT2D eigenvalue weighted by molar-refractivity contribution is -0.141. The number of carbonyl (C=O) groups excluding carboxylic acids is 4. The van der Waals surface area contributed by atoms with Crippen molar-refractivity contribution < 1.29 is 37.4 Å². The van der Waals surface area contributed by atoms with E-state index in [1.165, 1.54) is 38.2 Å². The molecule has 4 unspecified atom stereocenters. The van der Waals surface area contributed by atoms with Gasteiger partial charge in [0.05, 0.1) is 18.4 Å². The van der Waals surface area contributed by atoms with E-state index in [1.54, 1.807) is 11.8 Å². The van der Waals surface area contributed by atoms with Crippen molar-refractivity contribution in [2.24, 2.45) is 41.9 Å². The number of rotatable bonds is 11. The van der Waals surface area contributed by atoms with Crippen molar-refractivity contribution in [1.29, 1.82) is 0 Å². The summed E-state index contributed by atoms with van der Waals surface area (Å²) in [5.74, 6) is -2.55. The van der Waals surface area contributed by atoms with Gasteiger partial charge >= 0.3 is 6.03 Å². The molecule has 11 rings (SSSR count). The number of nitrogens with zero attached hydrogens (tertiary/aromatic N) is 5. The number of piperidine rings is 2. The first-order valence-corrected chi connectivity index (χ1v) is 26.3. The molecular formula is C57H66F2N8O6. The summed E-state index contributed by atoms with van der Waals surface area (Å²) >= 11 is 0. The molecule has 2 saturated carbocycles. The van der Waals surface area contributed by atoms with Gasteiger partial charge in [-0.15, -0.1) is 0 Å². The van der Waals surface area contributed by atoms with Crippen molar-refractivity contribution in [2.45, 2.75) is 108 Å². The Morgan fingerprint density at radius 2 is 1.71 bits per heavy atom. The quantitative estimate of drug-likeness (QED) is 0.162. The lowest BCUT2D eigenvalue weighted by atomic mass is 9.59. The molecule has 16 heteroatoms.